The Bertz CT molecular complexity index is 769. The number of piperidine rings is 1. The summed E-state index contributed by atoms with van der Waals surface area (Å²) in [4.78, 5) is 29.0. The summed E-state index contributed by atoms with van der Waals surface area (Å²) in [5.74, 6) is -0.263. The predicted molar refractivity (Wildman–Crippen MR) is 90.4 cm³/mol. The third-order valence-electron chi connectivity index (χ3n) is 4.80. The van der Waals surface area contributed by atoms with E-state index >= 15 is 0 Å². The van der Waals surface area contributed by atoms with Crippen molar-refractivity contribution in [1.82, 2.24) is 14.5 Å². The van der Waals surface area contributed by atoms with Crippen molar-refractivity contribution in [3.63, 3.8) is 0 Å². The predicted octanol–water partition coefficient (Wildman–Crippen LogP) is 1.94. The molecule has 25 heavy (non-hydrogen) atoms. The average Bonchev–Trinajstić information content (AvgIpc) is 3.05. The molecule has 1 aliphatic heterocycles. The number of nitrogens with zero attached hydrogens (tertiary/aromatic N) is 3. The van der Waals surface area contributed by atoms with Gasteiger partial charge in [-0.25, -0.2) is 9.78 Å². The van der Waals surface area contributed by atoms with Crippen LogP contribution in [0, 0.1) is 5.92 Å². The monoisotopic (exact) mass is 343 g/mol. The van der Waals surface area contributed by atoms with Crippen LogP contribution >= 0.6 is 0 Å². The Morgan fingerprint density at radius 1 is 1.28 bits per heavy atom. The number of aromatic nitrogens is 2. The van der Waals surface area contributed by atoms with Gasteiger partial charge in [-0.1, -0.05) is 19.1 Å². The van der Waals surface area contributed by atoms with Crippen LogP contribution in [0.2, 0.25) is 0 Å². The zero-order chi connectivity index (χ0) is 18.0. The molecule has 2 N–H and O–H groups in total. The highest BCUT2D eigenvalue weighted by Crippen LogP contribution is 2.32. The molecule has 2 heterocycles. The lowest BCUT2D eigenvalue weighted by Crippen LogP contribution is -2.43. The number of hydrogen-bond donors (Lipinski definition) is 2. The summed E-state index contributed by atoms with van der Waals surface area (Å²) >= 11 is 0. The van der Waals surface area contributed by atoms with Gasteiger partial charge in [-0.2, -0.15) is 0 Å². The van der Waals surface area contributed by atoms with E-state index in [4.69, 9.17) is 5.11 Å². The van der Waals surface area contributed by atoms with Gasteiger partial charge >= 0.3 is 5.97 Å². The van der Waals surface area contributed by atoms with Crippen molar-refractivity contribution >= 4 is 11.9 Å². The van der Waals surface area contributed by atoms with Crippen molar-refractivity contribution in [3.05, 3.63) is 48.0 Å². The molecule has 1 aliphatic rings. The Balaban J connectivity index is 1.68. The second-order valence-electron chi connectivity index (χ2n) is 6.54. The number of amides is 1. The minimum absolute atomic E-state index is 0.0509. The first kappa shape index (κ1) is 17.0. The third kappa shape index (κ3) is 3.81. The van der Waals surface area contributed by atoms with E-state index in [-0.39, 0.29) is 29.8 Å². The van der Waals surface area contributed by atoms with Gasteiger partial charge in [0.15, 0.2) is 5.69 Å². The second-order valence-corrected chi connectivity index (χ2v) is 6.54. The van der Waals surface area contributed by atoms with Crippen molar-refractivity contribution in [2.24, 2.45) is 5.92 Å². The minimum Gasteiger partial charge on any atom is -0.508 e. The van der Waals surface area contributed by atoms with E-state index in [1.807, 2.05) is 17.0 Å². The summed E-state index contributed by atoms with van der Waals surface area (Å²) in [5.41, 5.74) is 1.04. The Labute approximate surface area is 145 Å². The number of carboxylic acids is 1. The number of carboxylic acid groups (broad SMARTS) is 1. The first-order valence-electron chi connectivity index (χ1n) is 8.26. The number of phenolic OH excluding ortho intramolecular Hbond substituents is 1. The van der Waals surface area contributed by atoms with Crippen LogP contribution in [0.25, 0.3) is 0 Å². The topological polar surface area (TPSA) is 95.7 Å². The molecule has 1 aromatic heterocycles. The van der Waals surface area contributed by atoms with E-state index in [9.17, 15) is 14.7 Å². The molecule has 1 saturated heterocycles. The van der Waals surface area contributed by atoms with E-state index < -0.39 is 5.97 Å². The molecule has 7 nitrogen and oxygen atoms in total. The number of carbonyl (C=O) groups excluding carboxylic acids is 1. The molecule has 1 fully saturated rings. The smallest absolute Gasteiger partial charge is 0.356 e. The Kier molecular flexibility index (Phi) is 4.74. The van der Waals surface area contributed by atoms with Gasteiger partial charge < -0.3 is 19.7 Å². The SMILES string of the molecule is C[C@@H]1CCN(C(=O)Cn2cnc(C(=O)O)c2)C[C@@H]1c1ccc(O)cc1. The first-order chi connectivity index (χ1) is 11.9. The molecule has 0 bridgehead atoms. The maximum atomic E-state index is 12.6. The lowest BCUT2D eigenvalue weighted by atomic mass is 9.82. The van der Waals surface area contributed by atoms with E-state index in [1.54, 1.807) is 12.1 Å². The van der Waals surface area contributed by atoms with Crippen molar-refractivity contribution in [3.8, 4) is 5.75 Å². The van der Waals surface area contributed by atoms with Crippen LogP contribution in [0.5, 0.6) is 5.75 Å². The number of aromatic hydroxyl groups is 1. The van der Waals surface area contributed by atoms with Crippen LogP contribution in [0.4, 0.5) is 0 Å². The van der Waals surface area contributed by atoms with Gasteiger partial charge in [0.1, 0.15) is 12.3 Å². The highest BCUT2D eigenvalue weighted by Gasteiger charge is 2.30. The van der Waals surface area contributed by atoms with Crippen molar-refractivity contribution in [1.29, 1.82) is 0 Å². The number of imidazole rings is 1. The van der Waals surface area contributed by atoms with Crippen molar-refractivity contribution < 1.29 is 19.8 Å². The Morgan fingerprint density at radius 3 is 2.64 bits per heavy atom. The average molecular weight is 343 g/mol. The maximum Gasteiger partial charge on any atom is 0.356 e. The standard InChI is InChI=1S/C18H21N3O4/c1-12-6-7-21(8-15(12)13-2-4-14(22)5-3-13)17(23)10-20-9-16(18(24)25)19-11-20/h2-5,9,11-12,15,22H,6-8,10H2,1H3,(H,24,25)/t12-,15+/m1/s1. The summed E-state index contributed by atoms with van der Waals surface area (Å²) in [6.45, 7) is 3.56. The van der Waals surface area contributed by atoms with Gasteiger partial charge in [0.2, 0.25) is 5.91 Å². The largest absolute Gasteiger partial charge is 0.508 e. The van der Waals surface area contributed by atoms with E-state index in [1.165, 1.54) is 17.1 Å². The van der Waals surface area contributed by atoms with Crippen LogP contribution in [-0.2, 0) is 11.3 Å². The van der Waals surface area contributed by atoms with Crippen LogP contribution in [0.15, 0.2) is 36.8 Å². The highest BCUT2D eigenvalue weighted by molar-refractivity contribution is 5.85. The number of benzene rings is 1. The van der Waals surface area contributed by atoms with E-state index in [2.05, 4.69) is 11.9 Å². The molecular formula is C18H21N3O4. The fourth-order valence-corrected chi connectivity index (χ4v) is 3.26. The molecular weight excluding hydrogens is 322 g/mol. The maximum absolute atomic E-state index is 12.6. The van der Waals surface area contributed by atoms with Crippen molar-refractivity contribution in [2.45, 2.75) is 25.8 Å². The second kappa shape index (κ2) is 6.96. The summed E-state index contributed by atoms with van der Waals surface area (Å²) < 4.78 is 1.50. The zero-order valence-corrected chi connectivity index (χ0v) is 14.0. The molecule has 1 aromatic carbocycles. The molecule has 7 heteroatoms. The molecule has 0 unspecified atom stereocenters. The Morgan fingerprint density at radius 2 is 2.00 bits per heavy atom. The van der Waals surface area contributed by atoms with Gasteiger partial charge in [-0.3, -0.25) is 4.79 Å². The van der Waals surface area contributed by atoms with E-state index in [0.717, 1.165) is 12.0 Å². The summed E-state index contributed by atoms with van der Waals surface area (Å²) in [6, 6.07) is 7.14. The van der Waals surface area contributed by atoms with Gasteiger partial charge in [-0.05, 0) is 30.0 Å². The third-order valence-corrected chi connectivity index (χ3v) is 4.80. The fourth-order valence-electron chi connectivity index (χ4n) is 3.26. The summed E-state index contributed by atoms with van der Waals surface area (Å²) in [5, 5.41) is 18.4. The number of aromatic carboxylic acids is 1. The van der Waals surface area contributed by atoms with Crippen LogP contribution in [0.3, 0.4) is 0 Å². The molecule has 3 rings (SSSR count). The highest BCUT2D eigenvalue weighted by atomic mass is 16.4. The summed E-state index contributed by atoms with van der Waals surface area (Å²) in [7, 11) is 0. The number of hydrogen-bond acceptors (Lipinski definition) is 4. The van der Waals surface area contributed by atoms with Crippen LogP contribution in [0.1, 0.15) is 35.3 Å². The molecule has 132 valence electrons. The fraction of sp³-hybridized carbons (Fsp3) is 0.389. The molecule has 0 radical (unpaired) electrons. The minimum atomic E-state index is -1.11. The lowest BCUT2D eigenvalue weighted by molar-refractivity contribution is -0.133. The number of rotatable bonds is 4. The normalized spacial score (nSPS) is 20.4. The zero-order valence-electron chi connectivity index (χ0n) is 14.0. The summed E-state index contributed by atoms with van der Waals surface area (Å²) in [6.07, 6.45) is 3.64. The Hall–Kier alpha value is -2.83. The number of phenols is 1. The first-order valence-corrected chi connectivity index (χ1v) is 8.26. The molecule has 0 spiro atoms. The molecule has 2 atom stereocenters. The van der Waals surface area contributed by atoms with Crippen molar-refractivity contribution in [2.75, 3.05) is 13.1 Å². The molecule has 0 saturated carbocycles. The molecule has 1 amide bonds. The van der Waals surface area contributed by atoms with E-state index in [0.29, 0.717) is 19.0 Å². The van der Waals surface area contributed by atoms with Gasteiger partial charge in [0.25, 0.3) is 0 Å². The van der Waals surface area contributed by atoms with Gasteiger partial charge in [-0.15, -0.1) is 0 Å². The lowest BCUT2D eigenvalue weighted by Gasteiger charge is -2.37. The van der Waals surface area contributed by atoms with Crippen LogP contribution < -0.4 is 0 Å². The van der Waals surface area contributed by atoms with Crippen LogP contribution in [-0.4, -0.2) is 49.6 Å². The van der Waals surface area contributed by atoms with Gasteiger partial charge in [0.05, 0.1) is 6.33 Å². The van der Waals surface area contributed by atoms with Gasteiger partial charge in [0, 0.05) is 25.2 Å². The number of carbonyl (C=O) groups is 2. The molecule has 0 aliphatic carbocycles. The molecule has 2 aromatic rings. The quantitative estimate of drug-likeness (QED) is 0.884. The number of likely N-dealkylation sites (tertiary alicyclic amines) is 1.